The molecule has 1 heterocycles. The maximum absolute atomic E-state index is 4.55. The minimum Gasteiger partial charge on any atom is -0.369 e. The Labute approximate surface area is 111 Å². The van der Waals surface area contributed by atoms with Gasteiger partial charge in [-0.05, 0) is 42.9 Å². The third-order valence-electron chi connectivity index (χ3n) is 2.32. The molecule has 4 nitrogen and oxygen atoms in total. The Balaban J connectivity index is 2.87. The molecule has 1 N–H and O–H groups in total. The van der Waals surface area contributed by atoms with Crippen LogP contribution in [0.25, 0.3) is 0 Å². The van der Waals surface area contributed by atoms with E-state index in [2.05, 4.69) is 63.5 Å². The smallest absolute Gasteiger partial charge is 0.227 e. The Morgan fingerprint density at radius 1 is 1.31 bits per heavy atom. The van der Waals surface area contributed by atoms with Gasteiger partial charge in [0.1, 0.15) is 5.82 Å². The lowest BCUT2D eigenvalue weighted by atomic mass is 10.4. The molecule has 0 spiro atoms. The van der Waals surface area contributed by atoms with Crippen LogP contribution in [0.1, 0.15) is 27.2 Å². The molecule has 0 bridgehead atoms. The predicted octanol–water partition coefficient (Wildman–Crippen LogP) is 2.75. The van der Waals surface area contributed by atoms with Gasteiger partial charge in [0.15, 0.2) is 0 Å². The van der Waals surface area contributed by atoms with Crippen LogP contribution in [0.4, 0.5) is 11.8 Å². The molecule has 1 aromatic rings. The largest absolute Gasteiger partial charge is 0.369 e. The third-order valence-corrected chi connectivity index (χ3v) is 3.11. The van der Waals surface area contributed by atoms with Crippen molar-refractivity contribution in [1.82, 2.24) is 9.97 Å². The van der Waals surface area contributed by atoms with Crippen LogP contribution < -0.4 is 10.2 Å². The molecule has 16 heavy (non-hydrogen) atoms. The van der Waals surface area contributed by atoms with Crippen molar-refractivity contribution in [2.75, 3.05) is 29.9 Å². The van der Waals surface area contributed by atoms with Crippen molar-refractivity contribution >= 4 is 34.4 Å². The molecule has 0 atom stereocenters. The molecule has 0 saturated carbocycles. The molecule has 0 aliphatic carbocycles. The summed E-state index contributed by atoms with van der Waals surface area (Å²) in [6.07, 6.45) is 2.97. The van der Waals surface area contributed by atoms with E-state index in [1.807, 2.05) is 6.20 Å². The SMILES string of the molecule is CCCNc1nc(N(CC)CC)ncc1I. The van der Waals surface area contributed by atoms with Gasteiger partial charge in [-0.15, -0.1) is 0 Å². The monoisotopic (exact) mass is 334 g/mol. The van der Waals surface area contributed by atoms with Crippen LogP contribution in [0.15, 0.2) is 6.20 Å². The highest BCUT2D eigenvalue weighted by molar-refractivity contribution is 14.1. The molecule has 5 heteroatoms. The van der Waals surface area contributed by atoms with E-state index in [4.69, 9.17) is 0 Å². The standard InChI is InChI=1S/C11H19IN4/c1-4-7-13-10-9(12)8-14-11(15-10)16(5-2)6-3/h8H,4-7H2,1-3H3,(H,13,14,15). The van der Waals surface area contributed by atoms with Crippen molar-refractivity contribution in [3.05, 3.63) is 9.77 Å². The Morgan fingerprint density at radius 2 is 2.00 bits per heavy atom. The molecule has 0 radical (unpaired) electrons. The number of rotatable bonds is 6. The fourth-order valence-corrected chi connectivity index (χ4v) is 1.83. The first-order valence-corrected chi connectivity index (χ1v) is 6.82. The van der Waals surface area contributed by atoms with Crippen molar-refractivity contribution in [1.29, 1.82) is 0 Å². The summed E-state index contributed by atoms with van der Waals surface area (Å²) in [7, 11) is 0. The number of nitrogens with one attached hydrogen (secondary N) is 1. The molecule has 0 aromatic carbocycles. The van der Waals surface area contributed by atoms with Crippen LogP contribution in [-0.4, -0.2) is 29.6 Å². The van der Waals surface area contributed by atoms with E-state index in [0.717, 1.165) is 41.4 Å². The minimum absolute atomic E-state index is 0.809. The zero-order valence-corrected chi connectivity index (χ0v) is 12.3. The normalized spacial score (nSPS) is 10.2. The van der Waals surface area contributed by atoms with E-state index in [-0.39, 0.29) is 0 Å². The first kappa shape index (κ1) is 13.5. The third kappa shape index (κ3) is 3.47. The average molecular weight is 334 g/mol. The fraction of sp³-hybridized carbons (Fsp3) is 0.636. The fourth-order valence-electron chi connectivity index (χ4n) is 1.38. The number of aromatic nitrogens is 2. The number of hydrogen-bond donors (Lipinski definition) is 1. The summed E-state index contributed by atoms with van der Waals surface area (Å²) < 4.78 is 1.07. The lowest BCUT2D eigenvalue weighted by molar-refractivity contribution is 0.818. The van der Waals surface area contributed by atoms with E-state index < -0.39 is 0 Å². The second-order valence-corrected chi connectivity index (χ2v) is 4.63. The average Bonchev–Trinajstić information content (AvgIpc) is 2.31. The molecule has 0 aliphatic rings. The summed E-state index contributed by atoms with van der Waals surface area (Å²) in [6, 6.07) is 0. The predicted molar refractivity (Wildman–Crippen MR) is 77.1 cm³/mol. The Morgan fingerprint density at radius 3 is 2.56 bits per heavy atom. The van der Waals surface area contributed by atoms with Gasteiger partial charge in [-0.25, -0.2) is 4.98 Å². The first-order chi connectivity index (χ1) is 7.72. The molecular formula is C11H19IN4. The molecule has 1 rings (SSSR count). The lowest BCUT2D eigenvalue weighted by Gasteiger charge is -2.19. The number of hydrogen-bond acceptors (Lipinski definition) is 4. The van der Waals surface area contributed by atoms with Crippen molar-refractivity contribution in [3.8, 4) is 0 Å². The molecule has 1 aromatic heterocycles. The van der Waals surface area contributed by atoms with Crippen molar-refractivity contribution in [2.45, 2.75) is 27.2 Å². The van der Waals surface area contributed by atoms with Crippen molar-refractivity contribution in [3.63, 3.8) is 0 Å². The summed E-state index contributed by atoms with van der Waals surface area (Å²) in [5, 5.41) is 3.32. The minimum atomic E-state index is 0.809. The van der Waals surface area contributed by atoms with E-state index in [0.29, 0.717) is 0 Å². The van der Waals surface area contributed by atoms with Crippen LogP contribution in [0.3, 0.4) is 0 Å². The molecule has 0 unspecified atom stereocenters. The summed E-state index contributed by atoms with van der Waals surface area (Å²) in [5.74, 6) is 1.75. The number of halogens is 1. The van der Waals surface area contributed by atoms with Gasteiger partial charge in [0, 0.05) is 25.8 Å². The maximum Gasteiger partial charge on any atom is 0.227 e. The number of nitrogens with zero attached hydrogens (tertiary/aromatic N) is 3. The maximum atomic E-state index is 4.55. The van der Waals surface area contributed by atoms with Crippen LogP contribution in [-0.2, 0) is 0 Å². The second kappa shape index (κ2) is 6.88. The van der Waals surface area contributed by atoms with Gasteiger partial charge in [0.05, 0.1) is 3.57 Å². The van der Waals surface area contributed by atoms with Crippen molar-refractivity contribution < 1.29 is 0 Å². The van der Waals surface area contributed by atoms with Gasteiger partial charge < -0.3 is 10.2 Å². The molecule has 90 valence electrons. The summed E-state index contributed by atoms with van der Waals surface area (Å²) >= 11 is 2.26. The highest BCUT2D eigenvalue weighted by Crippen LogP contribution is 2.17. The van der Waals surface area contributed by atoms with Gasteiger partial charge in [-0.1, -0.05) is 6.92 Å². The Bertz CT molecular complexity index is 326. The molecular weight excluding hydrogens is 315 g/mol. The quantitative estimate of drug-likeness (QED) is 0.813. The highest BCUT2D eigenvalue weighted by atomic mass is 127. The molecule has 0 amide bonds. The van der Waals surface area contributed by atoms with E-state index in [9.17, 15) is 0 Å². The first-order valence-electron chi connectivity index (χ1n) is 5.74. The molecule has 0 saturated heterocycles. The van der Waals surface area contributed by atoms with Gasteiger partial charge in [0.2, 0.25) is 5.95 Å². The van der Waals surface area contributed by atoms with Gasteiger partial charge in [-0.3, -0.25) is 0 Å². The molecule has 0 fully saturated rings. The van der Waals surface area contributed by atoms with Crippen LogP contribution in [0, 0.1) is 3.57 Å². The van der Waals surface area contributed by atoms with E-state index in [1.165, 1.54) is 0 Å². The Kier molecular flexibility index (Phi) is 5.79. The van der Waals surface area contributed by atoms with Gasteiger partial charge in [0.25, 0.3) is 0 Å². The second-order valence-electron chi connectivity index (χ2n) is 3.47. The Hall–Kier alpha value is -0.590. The van der Waals surface area contributed by atoms with Crippen LogP contribution >= 0.6 is 22.6 Å². The summed E-state index contributed by atoms with van der Waals surface area (Å²) in [4.78, 5) is 11.1. The summed E-state index contributed by atoms with van der Waals surface area (Å²) in [6.45, 7) is 9.19. The zero-order chi connectivity index (χ0) is 12.0. The molecule has 0 aliphatic heterocycles. The van der Waals surface area contributed by atoms with Crippen molar-refractivity contribution in [2.24, 2.45) is 0 Å². The van der Waals surface area contributed by atoms with Crippen LogP contribution in [0.5, 0.6) is 0 Å². The topological polar surface area (TPSA) is 41.1 Å². The van der Waals surface area contributed by atoms with Gasteiger partial charge >= 0.3 is 0 Å². The van der Waals surface area contributed by atoms with Gasteiger partial charge in [-0.2, -0.15) is 4.98 Å². The van der Waals surface area contributed by atoms with E-state index in [1.54, 1.807) is 0 Å². The lowest BCUT2D eigenvalue weighted by Crippen LogP contribution is -2.24. The highest BCUT2D eigenvalue weighted by Gasteiger charge is 2.08. The van der Waals surface area contributed by atoms with E-state index >= 15 is 0 Å². The zero-order valence-electron chi connectivity index (χ0n) is 10.1. The number of anilines is 2. The van der Waals surface area contributed by atoms with Crippen LogP contribution in [0.2, 0.25) is 0 Å². The summed E-state index contributed by atoms with van der Waals surface area (Å²) in [5.41, 5.74) is 0.